The number of pyridine rings is 1. The predicted octanol–water partition coefficient (Wildman–Crippen LogP) is 0.643. The highest BCUT2D eigenvalue weighted by Crippen LogP contribution is 2.20. The van der Waals surface area contributed by atoms with Gasteiger partial charge in [0.2, 0.25) is 5.88 Å². The molecule has 17 heavy (non-hydrogen) atoms. The Morgan fingerprint density at radius 1 is 1.53 bits per heavy atom. The van der Waals surface area contributed by atoms with Gasteiger partial charge in [-0.1, -0.05) is 6.07 Å². The van der Waals surface area contributed by atoms with Gasteiger partial charge in [-0.15, -0.1) is 0 Å². The van der Waals surface area contributed by atoms with E-state index in [0.29, 0.717) is 12.4 Å². The lowest BCUT2D eigenvalue weighted by Gasteiger charge is -2.37. The van der Waals surface area contributed by atoms with Crippen LogP contribution < -0.4 is 15.4 Å². The molecule has 0 radical (unpaired) electrons. The zero-order chi connectivity index (χ0) is 12.3. The van der Waals surface area contributed by atoms with E-state index in [1.807, 2.05) is 18.2 Å². The minimum atomic E-state index is 0.0757. The van der Waals surface area contributed by atoms with Gasteiger partial charge in [0.1, 0.15) is 5.82 Å². The van der Waals surface area contributed by atoms with Crippen molar-refractivity contribution in [1.29, 1.82) is 0 Å². The number of nitrogens with zero attached hydrogens (tertiary/aromatic N) is 2. The van der Waals surface area contributed by atoms with E-state index in [0.717, 1.165) is 18.9 Å². The third-order valence-electron chi connectivity index (χ3n) is 2.83. The average Bonchev–Trinajstić information content (AvgIpc) is 2.38. The van der Waals surface area contributed by atoms with Crippen molar-refractivity contribution in [2.75, 3.05) is 31.6 Å². The van der Waals surface area contributed by atoms with E-state index in [1.165, 1.54) is 0 Å². The maximum atomic E-state index is 5.72. The smallest absolute Gasteiger partial charge is 0.214 e. The van der Waals surface area contributed by atoms with Crippen molar-refractivity contribution >= 4 is 5.82 Å². The molecule has 1 aromatic heterocycles. The molecule has 94 valence electrons. The summed E-state index contributed by atoms with van der Waals surface area (Å²) in [5.41, 5.74) is 5.67. The molecule has 2 rings (SSSR count). The fraction of sp³-hybridized carbons (Fsp3) is 0.583. The molecule has 2 heterocycles. The fourth-order valence-electron chi connectivity index (χ4n) is 2.06. The molecule has 1 fully saturated rings. The Labute approximate surface area is 102 Å². The van der Waals surface area contributed by atoms with Crippen LogP contribution >= 0.6 is 0 Å². The number of hydrogen-bond acceptors (Lipinski definition) is 5. The largest absolute Gasteiger partial charge is 0.481 e. The van der Waals surface area contributed by atoms with Crippen molar-refractivity contribution in [1.82, 2.24) is 4.98 Å². The summed E-state index contributed by atoms with van der Waals surface area (Å²) in [4.78, 5) is 6.61. The molecule has 0 spiro atoms. The Kier molecular flexibility index (Phi) is 3.81. The molecule has 2 atom stereocenters. The number of morpholine rings is 1. The Morgan fingerprint density at radius 3 is 3.06 bits per heavy atom. The van der Waals surface area contributed by atoms with Crippen molar-refractivity contribution in [3.05, 3.63) is 18.2 Å². The third kappa shape index (κ3) is 2.87. The fourth-order valence-corrected chi connectivity index (χ4v) is 2.06. The molecule has 0 saturated carbocycles. The summed E-state index contributed by atoms with van der Waals surface area (Å²) < 4.78 is 10.8. The minimum Gasteiger partial charge on any atom is -0.481 e. The number of methoxy groups -OCH3 is 1. The normalized spacial score (nSPS) is 24.8. The van der Waals surface area contributed by atoms with Gasteiger partial charge in [0, 0.05) is 25.7 Å². The zero-order valence-electron chi connectivity index (χ0n) is 10.3. The molecule has 0 aliphatic carbocycles. The number of hydrogen-bond donors (Lipinski definition) is 1. The monoisotopic (exact) mass is 237 g/mol. The Hall–Kier alpha value is -1.33. The molecule has 5 nitrogen and oxygen atoms in total. The highest BCUT2D eigenvalue weighted by molar-refractivity contribution is 5.41. The van der Waals surface area contributed by atoms with Crippen LogP contribution in [0.25, 0.3) is 0 Å². The summed E-state index contributed by atoms with van der Waals surface area (Å²) in [5, 5.41) is 0. The lowest BCUT2D eigenvalue weighted by Crippen LogP contribution is -2.49. The van der Waals surface area contributed by atoms with E-state index < -0.39 is 0 Å². The van der Waals surface area contributed by atoms with Crippen LogP contribution in [0.3, 0.4) is 0 Å². The Bertz CT molecular complexity index is 373. The van der Waals surface area contributed by atoms with E-state index in [2.05, 4.69) is 16.8 Å². The summed E-state index contributed by atoms with van der Waals surface area (Å²) in [7, 11) is 1.62. The van der Waals surface area contributed by atoms with E-state index in [-0.39, 0.29) is 12.2 Å². The number of aromatic nitrogens is 1. The molecule has 2 unspecified atom stereocenters. The van der Waals surface area contributed by atoms with Crippen LogP contribution in [-0.4, -0.2) is 43.9 Å². The summed E-state index contributed by atoms with van der Waals surface area (Å²) in [5.74, 6) is 1.55. The van der Waals surface area contributed by atoms with Gasteiger partial charge in [0.25, 0.3) is 0 Å². The van der Waals surface area contributed by atoms with Crippen LogP contribution in [-0.2, 0) is 4.74 Å². The van der Waals surface area contributed by atoms with E-state index >= 15 is 0 Å². The van der Waals surface area contributed by atoms with Crippen molar-refractivity contribution in [3.63, 3.8) is 0 Å². The van der Waals surface area contributed by atoms with E-state index in [1.54, 1.807) is 7.11 Å². The van der Waals surface area contributed by atoms with Gasteiger partial charge in [-0.2, -0.15) is 4.98 Å². The lowest BCUT2D eigenvalue weighted by molar-refractivity contribution is -0.0107. The zero-order valence-corrected chi connectivity index (χ0v) is 10.3. The molecule has 1 aliphatic heterocycles. The molecule has 2 N–H and O–H groups in total. The van der Waals surface area contributed by atoms with Crippen molar-refractivity contribution < 1.29 is 9.47 Å². The molecule has 1 saturated heterocycles. The average molecular weight is 237 g/mol. The highest BCUT2D eigenvalue weighted by Gasteiger charge is 2.25. The van der Waals surface area contributed by atoms with Gasteiger partial charge >= 0.3 is 0 Å². The number of anilines is 1. The summed E-state index contributed by atoms with van der Waals surface area (Å²) >= 11 is 0. The SMILES string of the molecule is COc1cccc(N2CC(C)OC(CN)C2)n1. The summed E-state index contributed by atoms with van der Waals surface area (Å²) in [6.45, 7) is 4.19. The van der Waals surface area contributed by atoms with Gasteiger partial charge in [-0.25, -0.2) is 0 Å². The molecule has 5 heteroatoms. The molecule has 0 amide bonds. The first-order valence-electron chi connectivity index (χ1n) is 5.84. The van der Waals surface area contributed by atoms with Crippen LogP contribution in [0.15, 0.2) is 18.2 Å². The summed E-state index contributed by atoms with van der Waals surface area (Å²) in [6.07, 6.45) is 0.247. The van der Waals surface area contributed by atoms with Crippen molar-refractivity contribution in [2.24, 2.45) is 5.73 Å². The lowest BCUT2D eigenvalue weighted by atomic mass is 10.2. The van der Waals surface area contributed by atoms with E-state index in [9.17, 15) is 0 Å². The van der Waals surface area contributed by atoms with Crippen LogP contribution in [0.4, 0.5) is 5.82 Å². The second-order valence-corrected chi connectivity index (χ2v) is 4.25. The number of ether oxygens (including phenoxy) is 2. The van der Waals surface area contributed by atoms with Crippen LogP contribution in [0.5, 0.6) is 5.88 Å². The second kappa shape index (κ2) is 5.33. The van der Waals surface area contributed by atoms with Gasteiger partial charge < -0.3 is 20.1 Å². The maximum absolute atomic E-state index is 5.72. The second-order valence-electron chi connectivity index (χ2n) is 4.25. The van der Waals surface area contributed by atoms with E-state index in [4.69, 9.17) is 15.2 Å². The first-order valence-corrected chi connectivity index (χ1v) is 5.84. The molecule has 0 aromatic carbocycles. The van der Waals surface area contributed by atoms with Crippen LogP contribution in [0.1, 0.15) is 6.92 Å². The van der Waals surface area contributed by atoms with Crippen LogP contribution in [0, 0.1) is 0 Å². The van der Waals surface area contributed by atoms with Gasteiger partial charge in [0.15, 0.2) is 0 Å². The third-order valence-corrected chi connectivity index (χ3v) is 2.83. The Morgan fingerprint density at radius 2 is 2.35 bits per heavy atom. The molecule has 1 aliphatic rings. The number of rotatable bonds is 3. The van der Waals surface area contributed by atoms with Crippen molar-refractivity contribution in [2.45, 2.75) is 19.1 Å². The highest BCUT2D eigenvalue weighted by atomic mass is 16.5. The maximum Gasteiger partial charge on any atom is 0.214 e. The molecular weight excluding hydrogens is 218 g/mol. The first kappa shape index (κ1) is 12.1. The van der Waals surface area contributed by atoms with Crippen molar-refractivity contribution in [3.8, 4) is 5.88 Å². The molecule has 1 aromatic rings. The standard InChI is InChI=1S/C12H19N3O2/c1-9-7-15(8-10(6-13)17-9)11-4-3-5-12(14-11)16-2/h3-5,9-10H,6-8,13H2,1-2H3. The van der Waals surface area contributed by atoms with Crippen LogP contribution in [0.2, 0.25) is 0 Å². The van der Waals surface area contributed by atoms with Gasteiger partial charge in [-0.05, 0) is 13.0 Å². The van der Waals surface area contributed by atoms with Gasteiger partial charge in [0.05, 0.1) is 19.3 Å². The first-order chi connectivity index (χ1) is 8.22. The topological polar surface area (TPSA) is 60.6 Å². The summed E-state index contributed by atoms with van der Waals surface area (Å²) in [6, 6.07) is 5.76. The quantitative estimate of drug-likeness (QED) is 0.836. The van der Waals surface area contributed by atoms with Gasteiger partial charge in [-0.3, -0.25) is 0 Å². The molecule has 0 bridgehead atoms. The Balaban J connectivity index is 2.14. The molecular formula is C12H19N3O2. The predicted molar refractivity (Wildman–Crippen MR) is 66.4 cm³/mol. The minimum absolute atomic E-state index is 0.0757. The number of nitrogens with two attached hydrogens (primary N) is 1.